The highest BCUT2D eigenvalue weighted by Gasteiger charge is 2.29. The number of amides is 1. The number of ether oxygens (including phenoxy) is 1. The first-order chi connectivity index (χ1) is 9.35. The SMILES string of the molecule is CCn1nc2c(c1C=O)CN(C(=O)OC(C)(C)C)CC2. The zero-order valence-electron chi connectivity index (χ0n) is 12.5. The fraction of sp³-hybridized carbons (Fsp3) is 0.643. The van der Waals surface area contributed by atoms with Crippen molar-refractivity contribution in [2.24, 2.45) is 0 Å². The summed E-state index contributed by atoms with van der Waals surface area (Å²) >= 11 is 0. The molecule has 0 fully saturated rings. The molecule has 1 aromatic heterocycles. The van der Waals surface area contributed by atoms with Crippen LogP contribution in [0.5, 0.6) is 0 Å². The summed E-state index contributed by atoms with van der Waals surface area (Å²) in [6.07, 6.45) is 1.13. The van der Waals surface area contributed by atoms with Crippen molar-refractivity contribution >= 4 is 12.4 Å². The van der Waals surface area contributed by atoms with Crippen LogP contribution in [-0.2, 0) is 24.2 Å². The largest absolute Gasteiger partial charge is 0.444 e. The highest BCUT2D eigenvalue weighted by molar-refractivity contribution is 5.76. The van der Waals surface area contributed by atoms with Crippen LogP contribution in [0.15, 0.2) is 0 Å². The van der Waals surface area contributed by atoms with Crippen LogP contribution in [-0.4, -0.2) is 39.2 Å². The third-order valence-electron chi connectivity index (χ3n) is 3.21. The quantitative estimate of drug-likeness (QED) is 0.777. The van der Waals surface area contributed by atoms with E-state index in [4.69, 9.17) is 4.74 Å². The molecule has 6 heteroatoms. The minimum absolute atomic E-state index is 0.343. The van der Waals surface area contributed by atoms with E-state index < -0.39 is 5.60 Å². The lowest BCUT2D eigenvalue weighted by Crippen LogP contribution is -2.40. The molecule has 2 rings (SSSR count). The van der Waals surface area contributed by atoms with Gasteiger partial charge in [0.15, 0.2) is 6.29 Å². The fourth-order valence-corrected chi connectivity index (χ4v) is 2.30. The van der Waals surface area contributed by atoms with E-state index in [0.29, 0.717) is 31.7 Å². The van der Waals surface area contributed by atoms with Crippen molar-refractivity contribution < 1.29 is 14.3 Å². The minimum Gasteiger partial charge on any atom is -0.444 e. The standard InChI is InChI=1S/C14H21N3O3/c1-5-17-12(9-18)10-8-16(7-6-11(10)15-17)13(19)20-14(2,3)4/h9H,5-8H2,1-4H3. The normalized spacial score (nSPS) is 14.9. The molecule has 0 saturated heterocycles. The minimum atomic E-state index is -0.515. The molecule has 0 bridgehead atoms. The van der Waals surface area contributed by atoms with Crippen LogP contribution in [0.1, 0.15) is 49.4 Å². The van der Waals surface area contributed by atoms with Gasteiger partial charge in [0, 0.05) is 25.1 Å². The summed E-state index contributed by atoms with van der Waals surface area (Å²) in [7, 11) is 0. The van der Waals surface area contributed by atoms with Crippen molar-refractivity contribution in [1.82, 2.24) is 14.7 Å². The number of hydrogen-bond donors (Lipinski definition) is 0. The summed E-state index contributed by atoms with van der Waals surface area (Å²) < 4.78 is 7.06. The van der Waals surface area contributed by atoms with Gasteiger partial charge >= 0.3 is 6.09 Å². The van der Waals surface area contributed by atoms with E-state index in [1.807, 2.05) is 27.7 Å². The van der Waals surface area contributed by atoms with E-state index in [1.54, 1.807) is 9.58 Å². The zero-order chi connectivity index (χ0) is 14.9. The Labute approximate surface area is 118 Å². The Morgan fingerprint density at radius 2 is 2.15 bits per heavy atom. The molecule has 0 N–H and O–H groups in total. The molecule has 1 aliphatic rings. The summed E-state index contributed by atoms with van der Waals surface area (Å²) in [6, 6.07) is 0. The summed E-state index contributed by atoms with van der Waals surface area (Å²) in [5.74, 6) is 0. The molecule has 1 aromatic rings. The van der Waals surface area contributed by atoms with Crippen LogP contribution in [0.2, 0.25) is 0 Å². The fourth-order valence-electron chi connectivity index (χ4n) is 2.30. The van der Waals surface area contributed by atoms with E-state index in [0.717, 1.165) is 17.5 Å². The van der Waals surface area contributed by atoms with Crippen LogP contribution in [0.3, 0.4) is 0 Å². The van der Waals surface area contributed by atoms with Crippen molar-refractivity contribution in [3.63, 3.8) is 0 Å². The number of carbonyl (C=O) groups excluding carboxylic acids is 2. The Kier molecular flexibility index (Phi) is 3.83. The van der Waals surface area contributed by atoms with Gasteiger partial charge in [0.2, 0.25) is 0 Å². The Morgan fingerprint density at radius 1 is 1.45 bits per heavy atom. The van der Waals surface area contributed by atoms with Gasteiger partial charge in [0.1, 0.15) is 11.3 Å². The average Bonchev–Trinajstić information content (AvgIpc) is 2.73. The first-order valence-corrected chi connectivity index (χ1v) is 6.87. The molecular weight excluding hydrogens is 258 g/mol. The van der Waals surface area contributed by atoms with Crippen molar-refractivity contribution in [3.8, 4) is 0 Å². The Bertz CT molecular complexity index is 529. The Hall–Kier alpha value is -1.85. The summed E-state index contributed by atoms with van der Waals surface area (Å²) in [5, 5.41) is 4.42. The predicted octanol–water partition coefficient (Wildman–Crippen LogP) is 2.01. The molecule has 1 aliphatic heterocycles. The summed E-state index contributed by atoms with van der Waals surface area (Å²) in [6.45, 7) is 9.06. The van der Waals surface area contributed by atoms with E-state index in [2.05, 4.69) is 5.10 Å². The maximum atomic E-state index is 12.1. The number of carbonyl (C=O) groups is 2. The number of hydrogen-bond acceptors (Lipinski definition) is 4. The molecule has 2 heterocycles. The number of rotatable bonds is 2. The lowest BCUT2D eigenvalue weighted by Gasteiger charge is -2.29. The van der Waals surface area contributed by atoms with Gasteiger partial charge in [-0.15, -0.1) is 0 Å². The summed E-state index contributed by atoms with van der Waals surface area (Å²) in [5.41, 5.74) is 1.81. The average molecular weight is 279 g/mol. The zero-order valence-corrected chi connectivity index (χ0v) is 12.5. The first kappa shape index (κ1) is 14.6. The predicted molar refractivity (Wildman–Crippen MR) is 73.6 cm³/mol. The topological polar surface area (TPSA) is 64.4 Å². The first-order valence-electron chi connectivity index (χ1n) is 6.87. The molecule has 1 amide bonds. The Balaban J connectivity index is 2.20. The molecule has 0 saturated carbocycles. The van der Waals surface area contributed by atoms with Gasteiger partial charge in [-0.2, -0.15) is 5.10 Å². The maximum Gasteiger partial charge on any atom is 0.410 e. The molecule has 0 atom stereocenters. The number of aldehydes is 1. The van der Waals surface area contributed by atoms with Gasteiger partial charge < -0.3 is 9.64 Å². The second-order valence-corrected chi connectivity index (χ2v) is 5.90. The molecule has 0 aromatic carbocycles. The van der Waals surface area contributed by atoms with Crippen LogP contribution in [0.25, 0.3) is 0 Å². The highest BCUT2D eigenvalue weighted by Crippen LogP contribution is 2.23. The third kappa shape index (κ3) is 2.84. The van der Waals surface area contributed by atoms with Crippen LogP contribution in [0, 0.1) is 0 Å². The van der Waals surface area contributed by atoms with Crippen molar-refractivity contribution in [3.05, 3.63) is 17.0 Å². The molecular formula is C14H21N3O3. The molecule has 0 aliphatic carbocycles. The second kappa shape index (κ2) is 5.26. The van der Waals surface area contributed by atoms with Gasteiger partial charge in [0.25, 0.3) is 0 Å². The third-order valence-corrected chi connectivity index (χ3v) is 3.21. The van der Waals surface area contributed by atoms with E-state index in [-0.39, 0.29) is 6.09 Å². The summed E-state index contributed by atoms with van der Waals surface area (Å²) in [4.78, 5) is 24.9. The second-order valence-electron chi connectivity index (χ2n) is 5.90. The maximum absolute atomic E-state index is 12.1. The smallest absolute Gasteiger partial charge is 0.410 e. The molecule has 20 heavy (non-hydrogen) atoms. The molecule has 110 valence electrons. The van der Waals surface area contributed by atoms with Crippen molar-refractivity contribution in [2.75, 3.05) is 6.54 Å². The van der Waals surface area contributed by atoms with Crippen molar-refractivity contribution in [1.29, 1.82) is 0 Å². The highest BCUT2D eigenvalue weighted by atomic mass is 16.6. The number of aryl methyl sites for hydroxylation is 1. The van der Waals surface area contributed by atoms with Gasteiger partial charge in [-0.1, -0.05) is 0 Å². The molecule has 0 radical (unpaired) electrons. The van der Waals surface area contributed by atoms with Crippen LogP contribution < -0.4 is 0 Å². The monoisotopic (exact) mass is 279 g/mol. The van der Waals surface area contributed by atoms with Gasteiger partial charge in [-0.3, -0.25) is 9.48 Å². The lowest BCUT2D eigenvalue weighted by molar-refractivity contribution is 0.0223. The number of aromatic nitrogens is 2. The Morgan fingerprint density at radius 3 is 2.70 bits per heavy atom. The van der Waals surface area contributed by atoms with Gasteiger partial charge in [0.05, 0.1) is 12.2 Å². The van der Waals surface area contributed by atoms with Crippen LogP contribution in [0.4, 0.5) is 4.79 Å². The van der Waals surface area contributed by atoms with E-state index >= 15 is 0 Å². The van der Waals surface area contributed by atoms with Crippen molar-refractivity contribution in [2.45, 2.75) is 52.8 Å². The van der Waals surface area contributed by atoms with Gasteiger partial charge in [-0.05, 0) is 27.7 Å². The van der Waals surface area contributed by atoms with Crippen LogP contribution >= 0.6 is 0 Å². The number of nitrogens with zero attached hydrogens (tertiary/aromatic N) is 3. The number of fused-ring (bicyclic) bond motifs is 1. The molecule has 0 unspecified atom stereocenters. The van der Waals surface area contributed by atoms with Gasteiger partial charge in [-0.25, -0.2) is 4.79 Å². The molecule has 6 nitrogen and oxygen atoms in total. The molecule has 0 spiro atoms. The lowest BCUT2D eigenvalue weighted by atomic mass is 10.1. The van der Waals surface area contributed by atoms with E-state index in [9.17, 15) is 9.59 Å². The van der Waals surface area contributed by atoms with E-state index in [1.165, 1.54) is 0 Å².